The Morgan fingerprint density at radius 2 is 1.70 bits per heavy atom. The van der Waals surface area contributed by atoms with E-state index in [1.807, 2.05) is 25.2 Å². The van der Waals surface area contributed by atoms with Gasteiger partial charge in [0.2, 0.25) is 0 Å². The fourth-order valence-corrected chi connectivity index (χ4v) is 1.95. The van der Waals surface area contributed by atoms with E-state index >= 15 is 0 Å². The van der Waals surface area contributed by atoms with Gasteiger partial charge in [0, 0.05) is 13.1 Å². The summed E-state index contributed by atoms with van der Waals surface area (Å²) < 4.78 is 5.72. The first-order chi connectivity index (χ1) is 9.67. The zero-order valence-corrected chi connectivity index (χ0v) is 12.1. The van der Waals surface area contributed by atoms with Crippen LogP contribution in [-0.4, -0.2) is 30.2 Å². The molecule has 0 saturated heterocycles. The maximum Gasteiger partial charge on any atom is 0.131 e. The molecule has 1 aromatic heterocycles. The van der Waals surface area contributed by atoms with E-state index in [0.717, 1.165) is 17.4 Å². The monoisotopic (exact) mass is 272 g/mol. The second-order valence-electron chi connectivity index (χ2n) is 4.64. The van der Waals surface area contributed by atoms with Crippen molar-refractivity contribution in [1.82, 2.24) is 9.97 Å². The number of aryl methyl sites for hydroxylation is 2. The maximum atomic E-state index is 5.72. The Bertz CT molecular complexity index is 551. The molecule has 0 aliphatic heterocycles. The predicted octanol–water partition coefficient (Wildman–Crippen LogP) is 2.63. The van der Waals surface area contributed by atoms with Crippen LogP contribution in [0.4, 0.5) is 11.6 Å². The van der Waals surface area contributed by atoms with Crippen molar-refractivity contribution in [3.05, 3.63) is 41.7 Å². The Morgan fingerprint density at radius 1 is 1.00 bits per heavy atom. The molecular weight excluding hydrogens is 252 g/mol. The number of benzene rings is 1. The van der Waals surface area contributed by atoms with Gasteiger partial charge in [-0.1, -0.05) is 6.07 Å². The van der Waals surface area contributed by atoms with E-state index in [9.17, 15) is 0 Å². The highest BCUT2D eigenvalue weighted by Crippen LogP contribution is 2.16. The van der Waals surface area contributed by atoms with E-state index < -0.39 is 0 Å². The molecule has 0 amide bonds. The molecule has 0 saturated carbocycles. The molecule has 0 radical (unpaired) electrons. The van der Waals surface area contributed by atoms with Crippen LogP contribution in [0.3, 0.4) is 0 Å². The number of hydrogen-bond acceptors (Lipinski definition) is 5. The predicted molar refractivity (Wildman–Crippen MR) is 81.5 cm³/mol. The van der Waals surface area contributed by atoms with Crippen molar-refractivity contribution >= 4 is 11.6 Å². The Kier molecular flexibility index (Phi) is 4.76. The second-order valence-corrected chi connectivity index (χ2v) is 4.64. The molecule has 20 heavy (non-hydrogen) atoms. The Labute approximate surface area is 119 Å². The summed E-state index contributed by atoms with van der Waals surface area (Å²) in [7, 11) is 1.83. The number of rotatable bonds is 6. The van der Waals surface area contributed by atoms with Gasteiger partial charge in [0.05, 0.1) is 6.54 Å². The molecule has 2 N–H and O–H groups in total. The van der Waals surface area contributed by atoms with Gasteiger partial charge in [-0.2, -0.15) is 0 Å². The number of aromatic nitrogens is 2. The number of anilines is 2. The summed E-state index contributed by atoms with van der Waals surface area (Å²) in [6, 6.07) is 8.07. The van der Waals surface area contributed by atoms with E-state index in [2.05, 4.69) is 40.5 Å². The molecule has 0 atom stereocenters. The largest absolute Gasteiger partial charge is 0.492 e. The van der Waals surface area contributed by atoms with E-state index in [0.29, 0.717) is 13.2 Å². The van der Waals surface area contributed by atoms with Crippen molar-refractivity contribution in [2.75, 3.05) is 30.8 Å². The zero-order chi connectivity index (χ0) is 14.4. The van der Waals surface area contributed by atoms with Gasteiger partial charge in [-0.15, -0.1) is 0 Å². The minimum Gasteiger partial charge on any atom is -0.492 e. The molecule has 0 fully saturated rings. The van der Waals surface area contributed by atoms with E-state index in [4.69, 9.17) is 4.74 Å². The minimum atomic E-state index is 0.585. The maximum absolute atomic E-state index is 5.72. The molecule has 0 spiro atoms. The van der Waals surface area contributed by atoms with Crippen molar-refractivity contribution in [2.45, 2.75) is 13.8 Å². The number of hydrogen-bond donors (Lipinski definition) is 2. The van der Waals surface area contributed by atoms with Crippen LogP contribution in [0.5, 0.6) is 5.75 Å². The van der Waals surface area contributed by atoms with Crippen molar-refractivity contribution in [2.24, 2.45) is 0 Å². The van der Waals surface area contributed by atoms with E-state index in [-0.39, 0.29) is 0 Å². The lowest BCUT2D eigenvalue weighted by Gasteiger charge is -2.10. The fraction of sp³-hybridized carbons (Fsp3) is 0.333. The molecule has 0 bridgehead atoms. The van der Waals surface area contributed by atoms with Crippen molar-refractivity contribution < 1.29 is 4.74 Å². The summed E-state index contributed by atoms with van der Waals surface area (Å²) >= 11 is 0. The summed E-state index contributed by atoms with van der Waals surface area (Å²) in [6.07, 6.45) is 1.53. The highest BCUT2D eigenvalue weighted by molar-refractivity contribution is 5.45. The van der Waals surface area contributed by atoms with Crippen LogP contribution in [0, 0.1) is 13.8 Å². The lowest BCUT2D eigenvalue weighted by Crippen LogP contribution is -2.12. The highest BCUT2D eigenvalue weighted by atomic mass is 16.5. The molecule has 5 heteroatoms. The number of nitrogens with zero attached hydrogens (tertiary/aromatic N) is 2. The van der Waals surface area contributed by atoms with Gasteiger partial charge >= 0.3 is 0 Å². The molecule has 2 rings (SSSR count). The smallest absolute Gasteiger partial charge is 0.131 e. The van der Waals surface area contributed by atoms with Crippen molar-refractivity contribution in [3.8, 4) is 5.75 Å². The molecule has 0 aliphatic rings. The van der Waals surface area contributed by atoms with Crippen molar-refractivity contribution in [1.29, 1.82) is 0 Å². The Morgan fingerprint density at radius 3 is 2.40 bits per heavy atom. The van der Waals surface area contributed by atoms with Gasteiger partial charge in [-0.25, -0.2) is 9.97 Å². The van der Waals surface area contributed by atoms with Gasteiger partial charge in [0.25, 0.3) is 0 Å². The molecule has 0 unspecified atom stereocenters. The van der Waals surface area contributed by atoms with Crippen LogP contribution in [-0.2, 0) is 0 Å². The van der Waals surface area contributed by atoms with Gasteiger partial charge in [0.15, 0.2) is 0 Å². The highest BCUT2D eigenvalue weighted by Gasteiger charge is 1.98. The quantitative estimate of drug-likeness (QED) is 0.792. The summed E-state index contributed by atoms with van der Waals surface area (Å²) in [4.78, 5) is 8.20. The van der Waals surface area contributed by atoms with Crippen molar-refractivity contribution in [3.63, 3.8) is 0 Å². The van der Waals surface area contributed by atoms with E-state index in [1.54, 1.807) is 0 Å². The van der Waals surface area contributed by atoms with Crippen LogP contribution < -0.4 is 15.4 Å². The molecule has 1 aromatic carbocycles. The topological polar surface area (TPSA) is 59.1 Å². The first kappa shape index (κ1) is 14.1. The van der Waals surface area contributed by atoms with Gasteiger partial charge in [0.1, 0.15) is 30.3 Å². The number of ether oxygens (including phenoxy) is 1. The first-order valence-electron chi connectivity index (χ1n) is 6.62. The summed E-state index contributed by atoms with van der Waals surface area (Å²) in [5, 5.41) is 6.18. The fourth-order valence-electron chi connectivity index (χ4n) is 1.95. The van der Waals surface area contributed by atoms with Crippen LogP contribution in [0.15, 0.2) is 30.6 Å². The minimum absolute atomic E-state index is 0.585. The van der Waals surface area contributed by atoms with Crippen LogP contribution in [0.1, 0.15) is 11.1 Å². The standard InChI is InChI=1S/C15H20N4O/c1-11-6-12(2)8-13(7-11)20-5-4-17-15-9-14(16-3)18-10-19-15/h6-10H,4-5H2,1-3H3,(H2,16,17,18,19). The Balaban J connectivity index is 1.81. The zero-order valence-electron chi connectivity index (χ0n) is 12.1. The van der Waals surface area contributed by atoms with Gasteiger partial charge < -0.3 is 15.4 Å². The summed E-state index contributed by atoms with van der Waals surface area (Å²) in [6.45, 7) is 5.41. The number of nitrogens with one attached hydrogen (secondary N) is 2. The Hall–Kier alpha value is -2.30. The van der Waals surface area contributed by atoms with Crippen LogP contribution >= 0.6 is 0 Å². The van der Waals surface area contributed by atoms with E-state index in [1.165, 1.54) is 17.5 Å². The molecule has 106 valence electrons. The normalized spacial score (nSPS) is 10.2. The van der Waals surface area contributed by atoms with Gasteiger partial charge in [-0.3, -0.25) is 0 Å². The van der Waals surface area contributed by atoms with Gasteiger partial charge in [-0.05, 0) is 37.1 Å². The van der Waals surface area contributed by atoms with Crippen LogP contribution in [0.2, 0.25) is 0 Å². The molecule has 5 nitrogen and oxygen atoms in total. The molecule has 2 aromatic rings. The summed E-state index contributed by atoms with van der Waals surface area (Å²) in [5.74, 6) is 2.48. The average molecular weight is 272 g/mol. The third-order valence-electron chi connectivity index (χ3n) is 2.80. The molecular formula is C15H20N4O. The summed E-state index contributed by atoms with van der Waals surface area (Å²) in [5.41, 5.74) is 2.42. The third-order valence-corrected chi connectivity index (χ3v) is 2.80. The van der Waals surface area contributed by atoms with Crippen LogP contribution in [0.25, 0.3) is 0 Å². The molecule has 0 aliphatic carbocycles. The average Bonchev–Trinajstić information content (AvgIpc) is 2.43. The molecule has 1 heterocycles. The first-order valence-corrected chi connectivity index (χ1v) is 6.62. The third kappa shape index (κ3) is 4.12. The SMILES string of the molecule is CNc1cc(NCCOc2cc(C)cc(C)c2)ncn1. The second kappa shape index (κ2) is 6.75. The lowest BCUT2D eigenvalue weighted by atomic mass is 10.1. The lowest BCUT2D eigenvalue weighted by molar-refractivity contribution is 0.332.